The van der Waals surface area contributed by atoms with Crippen LogP contribution < -0.4 is 5.73 Å². The molecule has 1 aliphatic rings. The first-order chi connectivity index (χ1) is 6.61. The lowest BCUT2D eigenvalue weighted by atomic mass is 9.87. The van der Waals surface area contributed by atoms with Crippen LogP contribution in [0.5, 0.6) is 5.75 Å². The molecule has 0 fully saturated rings. The molecule has 2 rings (SSSR count). The molecule has 1 aliphatic carbocycles. The molecule has 0 unspecified atom stereocenters. The van der Waals surface area contributed by atoms with Crippen LogP contribution in [-0.2, 0) is 6.42 Å². The van der Waals surface area contributed by atoms with E-state index in [9.17, 15) is 8.78 Å². The summed E-state index contributed by atoms with van der Waals surface area (Å²) in [5.41, 5.74) is 6.55. The monoisotopic (exact) mass is 199 g/mol. The highest BCUT2D eigenvalue weighted by atomic mass is 19.1. The molecule has 1 atom stereocenters. The van der Waals surface area contributed by atoms with Crippen molar-refractivity contribution in [2.24, 2.45) is 5.73 Å². The van der Waals surface area contributed by atoms with Crippen LogP contribution in [0.15, 0.2) is 6.07 Å². The molecule has 0 heterocycles. The van der Waals surface area contributed by atoms with Crippen LogP contribution in [0.25, 0.3) is 0 Å². The predicted octanol–water partition coefficient (Wildman–Crippen LogP) is 2.01. The Morgan fingerprint density at radius 1 is 1.43 bits per heavy atom. The molecule has 2 nitrogen and oxygen atoms in total. The van der Waals surface area contributed by atoms with Crippen molar-refractivity contribution in [3.63, 3.8) is 0 Å². The average Bonchev–Trinajstić information content (AvgIpc) is 2.14. The lowest BCUT2D eigenvalue weighted by Gasteiger charge is -2.23. The van der Waals surface area contributed by atoms with E-state index in [4.69, 9.17) is 10.8 Å². The van der Waals surface area contributed by atoms with Gasteiger partial charge in [0.15, 0.2) is 17.4 Å². The Hall–Kier alpha value is -1.16. The molecule has 0 radical (unpaired) electrons. The van der Waals surface area contributed by atoms with Gasteiger partial charge in [-0.15, -0.1) is 0 Å². The van der Waals surface area contributed by atoms with E-state index in [-0.39, 0.29) is 5.56 Å². The summed E-state index contributed by atoms with van der Waals surface area (Å²) in [7, 11) is 0. The largest absolute Gasteiger partial charge is 0.503 e. The second-order valence-corrected chi connectivity index (χ2v) is 3.59. The molecule has 0 spiro atoms. The second-order valence-electron chi connectivity index (χ2n) is 3.59. The smallest absolute Gasteiger partial charge is 0.188 e. The summed E-state index contributed by atoms with van der Waals surface area (Å²) in [5.74, 6) is -2.72. The summed E-state index contributed by atoms with van der Waals surface area (Å²) in [6, 6.07) is 0.748. The third-order valence-electron chi connectivity index (χ3n) is 2.65. The van der Waals surface area contributed by atoms with Crippen LogP contribution in [0.2, 0.25) is 0 Å². The van der Waals surface area contributed by atoms with Crippen LogP contribution in [0.4, 0.5) is 8.78 Å². The molecule has 1 aromatic rings. The van der Waals surface area contributed by atoms with Crippen molar-refractivity contribution in [2.75, 3.05) is 0 Å². The number of halogens is 2. The Labute approximate surface area is 80.4 Å². The second kappa shape index (κ2) is 3.20. The minimum Gasteiger partial charge on any atom is -0.503 e. The van der Waals surface area contributed by atoms with E-state index in [1.165, 1.54) is 6.07 Å². The molecular weight excluding hydrogens is 188 g/mol. The van der Waals surface area contributed by atoms with Gasteiger partial charge in [-0.2, -0.15) is 0 Å². The summed E-state index contributed by atoms with van der Waals surface area (Å²) < 4.78 is 26.4. The summed E-state index contributed by atoms with van der Waals surface area (Å²) in [6.45, 7) is 0. The molecule has 4 heteroatoms. The third kappa shape index (κ3) is 1.26. The number of aromatic hydroxyl groups is 1. The Bertz CT molecular complexity index is 379. The fourth-order valence-corrected chi connectivity index (χ4v) is 1.94. The fraction of sp³-hybridized carbons (Fsp3) is 0.400. The number of hydrogen-bond donors (Lipinski definition) is 2. The quantitative estimate of drug-likeness (QED) is 0.671. The number of aryl methyl sites for hydroxylation is 1. The number of phenolic OH excluding ortho intramolecular Hbond substituents is 1. The number of nitrogens with two attached hydrogens (primary N) is 1. The van der Waals surface area contributed by atoms with Crippen molar-refractivity contribution >= 4 is 0 Å². The Balaban J connectivity index is 2.64. The van der Waals surface area contributed by atoms with Gasteiger partial charge < -0.3 is 10.8 Å². The maximum Gasteiger partial charge on any atom is 0.188 e. The molecule has 1 aromatic carbocycles. The van der Waals surface area contributed by atoms with E-state index in [0.29, 0.717) is 18.4 Å². The van der Waals surface area contributed by atoms with E-state index in [0.717, 1.165) is 6.42 Å². The van der Waals surface area contributed by atoms with Crippen LogP contribution in [0, 0.1) is 11.6 Å². The number of benzene rings is 1. The molecule has 76 valence electrons. The highest BCUT2D eigenvalue weighted by Crippen LogP contribution is 2.35. The Kier molecular flexibility index (Phi) is 2.15. The molecule has 0 amide bonds. The van der Waals surface area contributed by atoms with E-state index in [2.05, 4.69) is 0 Å². The van der Waals surface area contributed by atoms with Crippen LogP contribution in [0.1, 0.15) is 30.0 Å². The van der Waals surface area contributed by atoms with Crippen molar-refractivity contribution < 1.29 is 13.9 Å². The first kappa shape index (κ1) is 9.40. The predicted molar refractivity (Wildman–Crippen MR) is 47.9 cm³/mol. The summed E-state index contributed by atoms with van der Waals surface area (Å²) in [6.07, 6.45) is 2.13. The standard InChI is InChI=1S/C10H11F2NO/c11-6-4-5-2-1-3-7(13)8(5)9(12)10(6)14/h4,7,14H,1-3,13H2/t7-/m0/s1. The Morgan fingerprint density at radius 2 is 2.14 bits per heavy atom. The SMILES string of the molecule is N[C@H]1CCCc2cc(F)c(O)c(F)c21. The fourth-order valence-electron chi connectivity index (χ4n) is 1.94. The van der Waals surface area contributed by atoms with Crippen molar-refractivity contribution in [2.45, 2.75) is 25.3 Å². The van der Waals surface area contributed by atoms with Gasteiger partial charge in [0.2, 0.25) is 0 Å². The van der Waals surface area contributed by atoms with Gasteiger partial charge in [0.25, 0.3) is 0 Å². The first-order valence-corrected chi connectivity index (χ1v) is 4.56. The highest BCUT2D eigenvalue weighted by molar-refractivity contribution is 5.41. The highest BCUT2D eigenvalue weighted by Gasteiger charge is 2.25. The number of fused-ring (bicyclic) bond motifs is 1. The van der Waals surface area contributed by atoms with Gasteiger partial charge in [-0.3, -0.25) is 0 Å². The summed E-state index contributed by atoms with van der Waals surface area (Å²) >= 11 is 0. The molecule has 0 saturated carbocycles. The average molecular weight is 199 g/mol. The van der Waals surface area contributed by atoms with Crippen molar-refractivity contribution in [1.82, 2.24) is 0 Å². The minimum absolute atomic E-state index is 0.273. The molecule has 14 heavy (non-hydrogen) atoms. The molecular formula is C10H11F2NO. The molecule has 3 N–H and O–H groups in total. The number of hydrogen-bond acceptors (Lipinski definition) is 2. The van der Waals surface area contributed by atoms with Gasteiger partial charge in [0.1, 0.15) is 0 Å². The van der Waals surface area contributed by atoms with Crippen molar-refractivity contribution in [1.29, 1.82) is 0 Å². The zero-order valence-electron chi connectivity index (χ0n) is 7.56. The van der Waals surface area contributed by atoms with Crippen LogP contribution >= 0.6 is 0 Å². The van der Waals surface area contributed by atoms with Gasteiger partial charge in [0, 0.05) is 11.6 Å². The van der Waals surface area contributed by atoms with Gasteiger partial charge >= 0.3 is 0 Å². The Morgan fingerprint density at radius 3 is 2.86 bits per heavy atom. The minimum atomic E-state index is -0.916. The van der Waals surface area contributed by atoms with Gasteiger partial charge in [0.05, 0.1) is 0 Å². The zero-order chi connectivity index (χ0) is 10.3. The molecule has 0 aromatic heterocycles. The maximum atomic E-state index is 13.4. The van der Waals surface area contributed by atoms with E-state index < -0.39 is 23.4 Å². The maximum absolute atomic E-state index is 13.4. The van der Waals surface area contributed by atoms with Crippen LogP contribution in [0.3, 0.4) is 0 Å². The molecule has 0 aliphatic heterocycles. The lowest BCUT2D eigenvalue weighted by molar-refractivity contribution is 0.384. The van der Waals surface area contributed by atoms with Gasteiger partial charge in [-0.25, -0.2) is 8.78 Å². The van der Waals surface area contributed by atoms with E-state index in [1.54, 1.807) is 0 Å². The van der Waals surface area contributed by atoms with E-state index >= 15 is 0 Å². The van der Waals surface area contributed by atoms with Gasteiger partial charge in [-0.05, 0) is 30.9 Å². The summed E-state index contributed by atoms with van der Waals surface area (Å²) in [4.78, 5) is 0. The first-order valence-electron chi connectivity index (χ1n) is 4.56. The van der Waals surface area contributed by atoms with Crippen molar-refractivity contribution in [3.8, 4) is 5.75 Å². The lowest BCUT2D eigenvalue weighted by Crippen LogP contribution is -2.19. The molecule has 0 saturated heterocycles. The number of rotatable bonds is 0. The third-order valence-corrected chi connectivity index (χ3v) is 2.65. The topological polar surface area (TPSA) is 46.2 Å². The summed E-state index contributed by atoms with van der Waals surface area (Å²) in [5, 5.41) is 9.07. The van der Waals surface area contributed by atoms with E-state index in [1.807, 2.05) is 0 Å². The zero-order valence-corrected chi connectivity index (χ0v) is 7.56. The molecule has 0 bridgehead atoms. The number of phenols is 1. The van der Waals surface area contributed by atoms with Gasteiger partial charge in [-0.1, -0.05) is 0 Å². The van der Waals surface area contributed by atoms with Crippen LogP contribution in [-0.4, -0.2) is 5.11 Å². The van der Waals surface area contributed by atoms with Crippen molar-refractivity contribution in [3.05, 3.63) is 28.8 Å². The normalized spacial score (nSPS) is 20.6.